The van der Waals surface area contributed by atoms with Gasteiger partial charge in [-0.25, -0.2) is 0 Å². The molecule has 1 aliphatic heterocycles. The molecule has 7 nitrogen and oxygen atoms in total. The van der Waals surface area contributed by atoms with Gasteiger partial charge >= 0.3 is 0 Å². The second kappa shape index (κ2) is 7.22. The summed E-state index contributed by atoms with van der Waals surface area (Å²) in [7, 11) is -2.98. The fourth-order valence-electron chi connectivity index (χ4n) is 2.33. The Labute approximate surface area is 147 Å². The summed E-state index contributed by atoms with van der Waals surface area (Å²) in [6, 6.07) is 4.89. The van der Waals surface area contributed by atoms with E-state index in [2.05, 4.69) is 15.9 Å². The molecule has 10 heteroatoms. The van der Waals surface area contributed by atoms with E-state index in [0.29, 0.717) is 16.3 Å². The normalized spacial score (nSPS) is 26.2. The van der Waals surface area contributed by atoms with Crippen LogP contribution in [-0.2, 0) is 25.4 Å². The van der Waals surface area contributed by atoms with Crippen molar-refractivity contribution in [2.24, 2.45) is 0 Å². The van der Waals surface area contributed by atoms with Crippen LogP contribution < -0.4 is 4.74 Å². The van der Waals surface area contributed by atoms with E-state index in [9.17, 15) is 18.1 Å². The number of methoxy groups -OCH3 is 1. The number of ether oxygens (including phenoxy) is 3. The van der Waals surface area contributed by atoms with Crippen LogP contribution in [0.5, 0.6) is 5.75 Å². The summed E-state index contributed by atoms with van der Waals surface area (Å²) in [5.41, 5.74) is 0.478. The fraction of sp³-hybridized carbons (Fsp3) is 0.538. The number of rotatable bonds is 6. The molecule has 23 heavy (non-hydrogen) atoms. The molecule has 0 aromatic heterocycles. The van der Waals surface area contributed by atoms with Gasteiger partial charge in [0.15, 0.2) is 0 Å². The van der Waals surface area contributed by atoms with Crippen molar-refractivity contribution in [2.45, 2.75) is 17.1 Å². The zero-order valence-electron chi connectivity index (χ0n) is 12.1. The third kappa shape index (κ3) is 3.81. The zero-order chi connectivity index (χ0) is 17.3. The van der Waals surface area contributed by atoms with Gasteiger partial charge < -0.3 is 19.3 Å². The third-order valence-electron chi connectivity index (χ3n) is 3.56. The van der Waals surface area contributed by atoms with Crippen LogP contribution in [0, 0.1) is 0 Å². The van der Waals surface area contributed by atoms with Gasteiger partial charge in [0.1, 0.15) is 17.1 Å². The van der Waals surface area contributed by atoms with Gasteiger partial charge in [-0.15, -0.1) is 0 Å². The topological polar surface area (TPSA) is 102 Å². The minimum absolute atomic E-state index is 0.126. The van der Waals surface area contributed by atoms with Gasteiger partial charge in [0.25, 0.3) is 10.1 Å². The number of alkyl halides is 1. The maximum absolute atomic E-state index is 11.3. The predicted octanol–water partition coefficient (Wildman–Crippen LogP) is 1.56. The highest BCUT2D eigenvalue weighted by Crippen LogP contribution is 2.41. The molecule has 0 aliphatic carbocycles. The first-order valence-electron chi connectivity index (χ1n) is 6.56. The van der Waals surface area contributed by atoms with Crippen molar-refractivity contribution in [3.8, 4) is 5.75 Å². The molecule has 2 rings (SSSR count). The molecule has 3 unspecified atom stereocenters. The Morgan fingerprint density at radius 3 is 2.74 bits per heavy atom. The lowest BCUT2D eigenvalue weighted by Crippen LogP contribution is -2.40. The number of hydrogen-bond acceptors (Lipinski definition) is 6. The molecular formula is C13H16BrClO7S. The molecule has 1 aromatic carbocycles. The molecule has 1 aliphatic rings. The Bertz CT molecular complexity index is 668. The van der Waals surface area contributed by atoms with Crippen LogP contribution in [0.25, 0.3) is 0 Å². The Morgan fingerprint density at radius 1 is 1.57 bits per heavy atom. The Kier molecular flexibility index (Phi) is 5.94. The maximum Gasteiger partial charge on any atom is 0.272 e. The monoisotopic (exact) mass is 430 g/mol. The Balaban J connectivity index is 2.34. The lowest BCUT2D eigenvalue weighted by atomic mass is 10.1. The van der Waals surface area contributed by atoms with Crippen LogP contribution in [0.3, 0.4) is 0 Å². The van der Waals surface area contributed by atoms with E-state index in [1.165, 1.54) is 7.11 Å². The SMILES string of the molecule is COc1ccc(C2(CBr)OCC(C(CO)S(=O)(=O)O)O2)c(Cl)c1. The van der Waals surface area contributed by atoms with Gasteiger partial charge in [-0.1, -0.05) is 27.5 Å². The second-order valence-electron chi connectivity index (χ2n) is 4.94. The summed E-state index contributed by atoms with van der Waals surface area (Å²) in [4.78, 5) is 0. The van der Waals surface area contributed by atoms with E-state index in [0.717, 1.165) is 0 Å². The molecule has 0 radical (unpaired) electrons. The summed E-state index contributed by atoms with van der Waals surface area (Å²) < 4.78 is 48.3. The van der Waals surface area contributed by atoms with Crippen molar-refractivity contribution in [3.05, 3.63) is 28.8 Å². The maximum atomic E-state index is 11.3. The van der Waals surface area contributed by atoms with Crippen molar-refractivity contribution < 1.29 is 32.3 Å². The van der Waals surface area contributed by atoms with Crippen LogP contribution in [-0.4, -0.2) is 55.1 Å². The van der Waals surface area contributed by atoms with Crippen LogP contribution in [0.2, 0.25) is 5.02 Å². The van der Waals surface area contributed by atoms with E-state index in [4.69, 9.17) is 25.8 Å². The molecule has 1 heterocycles. The highest BCUT2D eigenvalue weighted by atomic mass is 79.9. The van der Waals surface area contributed by atoms with Crippen molar-refractivity contribution in [1.29, 1.82) is 0 Å². The van der Waals surface area contributed by atoms with Crippen LogP contribution in [0.1, 0.15) is 5.56 Å². The van der Waals surface area contributed by atoms with Gasteiger partial charge in [0.05, 0.1) is 30.7 Å². The third-order valence-corrected chi connectivity index (χ3v) is 5.83. The molecule has 0 bridgehead atoms. The highest BCUT2D eigenvalue weighted by molar-refractivity contribution is 9.09. The van der Waals surface area contributed by atoms with E-state index in [1.807, 2.05) is 0 Å². The molecule has 130 valence electrons. The molecule has 1 fully saturated rings. The lowest BCUT2D eigenvalue weighted by Gasteiger charge is -2.28. The number of benzene rings is 1. The highest BCUT2D eigenvalue weighted by Gasteiger charge is 2.48. The molecule has 1 aromatic rings. The standard InChI is InChI=1S/C13H16BrClO7S/c1-20-8-2-3-9(10(15)4-8)13(7-14)21-6-11(22-13)12(5-16)23(17,18)19/h2-4,11-12,16H,5-7H2,1H3,(H,17,18,19). The van der Waals surface area contributed by atoms with E-state index in [1.54, 1.807) is 18.2 Å². The first kappa shape index (κ1) is 18.9. The average molecular weight is 432 g/mol. The van der Waals surface area contributed by atoms with Gasteiger partial charge in [0.2, 0.25) is 5.79 Å². The van der Waals surface area contributed by atoms with Gasteiger partial charge in [-0.05, 0) is 18.2 Å². The largest absolute Gasteiger partial charge is 0.497 e. The Hall–Kier alpha value is -0.420. The quantitative estimate of drug-likeness (QED) is 0.520. The predicted molar refractivity (Wildman–Crippen MR) is 86.7 cm³/mol. The van der Waals surface area contributed by atoms with Crippen molar-refractivity contribution >= 4 is 37.6 Å². The molecule has 0 saturated carbocycles. The minimum Gasteiger partial charge on any atom is -0.497 e. The minimum atomic E-state index is -4.48. The van der Waals surface area contributed by atoms with Crippen LogP contribution in [0.4, 0.5) is 0 Å². The summed E-state index contributed by atoms with van der Waals surface area (Å²) in [5, 5.41) is 8.22. The average Bonchev–Trinajstić information content (AvgIpc) is 2.91. The summed E-state index contributed by atoms with van der Waals surface area (Å²) in [6.07, 6.45) is -1.04. The first-order valence-corrected chi connectivity index (χ1v) is 9.56. The van der Waals surface area contributed by atoms with E-state index in [-0.39, 0.29) is 11.9 Å². The van der Waals surface area contributed by atoms with Crippen LogP contribution >= 0.6 is 27.5 Å². The fourth-order valence-corrected chi connectivity index (χ4v) is 3.95. The molecule has 0 amide bonds. The first-order chi connectivity index (χ1) is 10.8. The Morgan fingerprint density at radius 2 is 2.26 bits per heavy atom. The summed E-state index contributed by atoms with van der Waals surface area (Å²) >= 11 is 9.50. The van der Waals surface area contributed by atoms with E-state index < -0.39 is 33.9 Å². The van der Waals surface area contributed by atoms with Gasteiger partial charge in [0, 0.05) is 5.56 Å². The summed E-state index contributed by atoms with van der Waals surface area (Å²) in [6.45, 7) is -0.916. The van der Waals surface area contributed by atoms with Gasteiger partial charge in [-0.2, -0.15) is 8.42 Å². The molecule has 3 atom stereocenters. The van der Waals surface area contributed by atoms with Crippen molar-refractivity contribution in [3.63, 3.8) is 0 Å². The number of halogens is 2. The molecular weight excluding hydrogens is 416 g/mol. The lowest BCUT2D eigenvalue weighted by molar-refractivity contribution is -0.157. The van der Waals surface area contributed by atoms with Gasteiger partial charge in [-0.3, -0.25) is 4.55 Å². The molecule has 0 spiro atoms. The number of hydrogen-bond donors (Lipinski definition) is 2. The van der Waals surface area contributed by atoms with Crippen LogP contribution in [0.15, 0.2) is 18.2 Å². The van der Waals surface area contributed by atoms with Crippen molar-refractivity contribution in [1.82, 2.24) is 0 Å². The summed E-state index contributed by atoms with van der Waals surface area (Å²) in [5.74, 6) is -0.782. The zero-order valence-corrected chi connectivity index (χ0v) is 15.3. The second-order valence-corrected chi connectivity index (χ2v) is 7.54. The number of aliphatic hydroxyl groups is 1. The smallest absolute Gasteiger partial charge is 0.272 e. The number of aliphatic hydroxyl groups excluding tert-OH is 1. The van der Waals surface area contributed by atoms with Crippen molar-refractivity contribution in [2.75, 3.05) is 25.7 Å². The van der Waals surface area contributed by atoms with E-state index >= 15 is 0 Å². The molecule has 2 N–H and O–H groups in total. The molecule has 1 saturated heterocycles.